The highest BCUT2D eigenvalue weighted by molar-refractivity contribution is 5.57. The molecular formula is C29H41N5. The van der Waals surface area contributed by atoms with Crippen molar-refractivity contribution in [3.63, 3.8) is 0 Å². The zero-order chi connectivity index (χ0) is 23.5. The van der Waals surface area contributed by atoms with Crippen LogP contribution in [0.4, 0.5) is 0 Å². The smallest absolute Gasteiger partial charge is 0.109 e. The van der Waals surface area contributed by atoms with E-state index in [2.05, 4.69) is 70.2 Å². The van der Waals surface area contributed by atoms with Crippen molar-refractivity contribution in [2.24, 2.45) is 11.8 Å². The van der Waals surface area contributed by atoms with Gasteiger partial charge >= 0.3 is 0 Å². The first-order valence-corrected chi connectivity index (χ1v) is 13.3. The molecule has 2 unspecified atom stereocenters. The summed E-state index contributed by atoms with van der Waals surface area (Å²) < 4.78 is 2.35. The standard InChI is InChI=1S/C29H41N5/c1-22(18-32-16-13-25-9-5-6-10-27(25)19-32)17-30-23(2)28-21-34-20-26(11-12-29(34)31-28)24(3)33-14-7-4-8-15-33/h5-6,9-10,21-22,26,30H,2-4,7-8,11-20H2,1H3. The summed E-state index contributed by atoms with van der Waals surface area (Å²) in [5.74, 6) is 2.28. The summed E-state index contributed by atoms with van der Waals surface area (Å²) >= 11 is 0. The number of hydrogen-bond acceptors (Lipinski definition) is 4. The molecule has 0 spiro atoms. The maximum atomic E-state index is 4.92. The Morgan fingerprint density at radius 1 is 1.09 bits per heavy atom. The number of likely N-dealkylation sites (tertiary alicyclic amines) is 1. The van der Waals surface area contributed by atoms with E-state index in [9.17, 15) is 0 Å². The Kier molecular flexibility index (Phi) is 7.10. The summed E-state index contributed by atoms with van der Waals surface area (Å²) in [7, 11) is 0. The van der Waals surface area contributed by atoms with Gasteiger partial charge in [-0.25, -0.2) is 4.98 Å². The minimum absolute atomic E-state index is 0.531. The van der Waals surface area contributed by atoms with Crippen molar-refractivity contribution in [1.29, 1.82) is 0 Å². The van der Waals surface area contributed by atoms with Crippen LogP contribution in [0, 0.1) is 11.8 Å². The van der Waals surface area contributed by atoms with Crippen molar-refractivity contribution in [3.8, 4) is 0 Å². The van der Waals surface area contributed by atoms with Gasteiger partial charge in [-0.1, -0.05) is 44.3 Å². The Hall–Kier alpha value is -2.53. The lowest BCUT2D eigenvalue weighted by molar-refractivity contribution is 0.220. The molecule has 4 heterocycles. The van der Waals surface area contributed by atoms with Gasteiger partial charge in [0, 0.05) is 70.0 Å². The third-order valence-corrected chi connectivity index (χ3v) is 7.98. The van der Waals surface area contributed by atoms with Crippen molar-refractivity contribution in [2.45, 2.75) is 58.5 Å². The molecule has 2 aromatic rings. The molecule has 182 valence electrons. The van der Waals surface area contributed by atoms with Crippen molar-refractivity contribution >= 4 is 5.70 Å². The SMILES string of the molecule is C=C(NCC(C)CN1CCc2ccccc2C1)c1cn2c(n1)CCC(C(=C)N1CCCCC1)C2. The quantitative estimate of drug-likeness (QED) is 0.621. The van der Waals surface area contributed by atoms with Crippen LogP contribution in [0.25, 0.3) is 5.70 Å². The van der Waals surface area contributed by atoms with Crippen LogP contribution in [0.3, 0.4) is 0 Å². The minimum atomic E-state index is 0.531. The van der Waals surface area contributed by atoms with Crippen LogP contribution >= 0.6 is 0 Å². The van der Waals surface area contributed by atoms with E-state index in [0.717, 1.165) is 63.4 Å². The second-order valence-electron chi connectivity index (χ2n) is 10.7. The Bertz CT molecular complexity index is 1020. The Labute approximate surface area is 205 Å². The monoisotopic (exact) mass is 459 g/mol. The molecular weight excluding hydrogens is 418 g/mol. The molecule has 5 nitrogen and oxygen atoms in total. The number of rotatable bonds is 8. The average molecular weight is 460 g/mol. The highest BCUT2D eigenvalue weighted by Gasteiger charge is 2.26. The number of benzene rings is 1. The molecule has 0 amide bonds. The molecule has 0 saturated carbocycles. The summed E-state index contributed by atoms with van der Waals surface area (Å²) in [6.07, 6.45) is 9.52. The van der Waals surface area contributed by atoms with Gasteiger partial charge in [0.25, 0.3) is 0 Å². The van der Waals surface area contributed by atoms with Crippen molar-refractivity contribution in [3.05, 3.63) is 72.0 Å². The molecule has 34 heavy (non-hydrogen) atoms. The maximum Gasteiger partial charge on any atom is 0.109 e. The summed E-state index contributed by atoms with van der Waals surface area (Å²) in [5, 5.41) is 3.58. The largest absolute Gasteiger partial charge is 0.383 e. The fraction of sp³-hybridized carbons (Fsp3) is 0.552. The van der Waals surface area contributed by atoms with Crippen molar-refractivity contribution in [2.75, 3.05) is 32.7 Å². The maximum absolute atomic E-state index is 4.92. The third-order valence-electron chi connectivity index (χ3n) is 7.98. The predicted octanol–water partition coefficient (Wildman–Crippen LogP) is 4.70. The third kappa shape index (κ3) is 5.25. The summed E-state index contributed by atoms with van der Waals surface area (Å²) in [5.41, 5.74) is 6.29. The Balaban J connectivity index is 1.11. The topological polar surface area (TPSA) is 36.3 Å². The van der Waals surface area contributed by atoms with Crippen molar-refractivity contribution in [1.82, 2.24) is 24.7 Å². The summed E-state index contributed by atoms with van der Waals surface area (Å²) in [6, 6.07) is 8.87. The van der Waals surface area contributed by atoms with Gasteiger partial charge < -0.3 is 14.8 Å². The number of nitrogens with one attached hydrogen (secondary N) is 1. The minimum Gasteiger partial charge on any atom is -0.383 e. The van der Waals surface area contributed by atoms with Gasteiger partial charge in [0.05, 0.1) is 5.70 Å². The second kappa shape index (κ2) is 10.4. The molecule has 1 fully saturated rings. The first-order chi connectivity index (χ1) is 16.6. The van der Waals surface area contributed by atoms with Crippen LogP contribution in [0.15, 0.2) is 49.3 Å². The molecule has 5 rings (SSSR count). The number of fused-ring (bicyclic) bond motifs is 2. The number of aryl methyl sites for hydroxylation is 1. The van der Waals surface area contributed by atoms with Crippen LogP contribution in [-0.4, -0.2) is 52.1 Å². The van der Waals surface area contributed by atoms with Crippen LogP contribution in [-0.2, 0) is 25.9 Å². The number of imidazole rings is 1. The van der Waals surface area contributed by atoms with Gasteiger partial charge in [-0.3, -0.25) is 4.90 Å². The second-order valence-corrected chi connectivity index (χ2v) is 10.7. The molecule has 3 aliphatic heterocycles. The lowest BCUT2D eigenvalue weighted by atomic mass is 9.94. The highest BCUT2D eigenvalue weighted by atomic mass is 15.2. The van der Waals surface area contributed by atoms with E-state index in [1.54, 1.807) is 0 Å². The molecule has 3 aliphatic rings. The van der Waals surface area contributed by atoms with Gasteiger partial charge in [-0.05, 0) is 49.1 Å². The average Bonchev–Trinajstić information content (AvgIpc) is 3.31. The highest BCUT2D eigenvalue weighted by Crippen LogP contribution is 2.29. The van der Waals surface area contributed by atoms with E-state index in [1.807, 2.05) is 0 Å². The molecule has 5 heteroatoms. The first kappa shape index (κ1) is 23.2. The number of hydrogen-bond donors (Lipinski definition) is 1. The van der Waals surface area contributed by atoms with E-state index in [4.69, 9.17) is 4.98 Å². The van der Waals surface area contributed by atoms with Crippen molar-refractivity contribution < 1.29 is 0 Å². The molecule has 1 N–H and O–H groups in total. The molecule has 0 aliphatic carbocycles. The molecule has 0 radical (unpaired) electrons. The Morgan fingerprint density at radius 2 is 1.88 bits per heavy atom. The van der Waals surface area contributed by atoms with E-state index in [1.165, 1.54) is 55.0 Å². The summed E-state index contributed by atoms with van der Waals surface area (Å²) in [6.45, 7) is 18.7. The van der Waals surface area contributed by atoms with Gasteiger partial charge in [0.15, 0.2) is 0 Å². The van der Waals surface area contributed by atoms with Gasteiger partial charge in [-0.15, -0.1) is 0 Å². The van der Waals surface area contributed by atoms with E-state index >= 15 is 0 Å². The van der Waals surface area contributed by atoms with Gasteiger partial charge in [0.2, 0.25) is 0 Å². The lowest BCUT2D eigenvalue weighted by Crippen LogP contribution is -2.36. The molecule has 1 saturated heterocycles. The van der Waals surface area contributed by atoms with Crippen LogP contribution in [0.5, 0.6) is 0 Å². The first-order valence-electron chi connectivity index (χ1n) is 13.3. The predicted molar refractivity (Wildman–Crippen MR) is 140 cm³/mol. The molecule has 1 aromatic heterocycles. The zero-order valence-corrected chi connectivity index (χ0v) is 20.9. The Morgan fingerprint density at radius 3 is 2.71 bits per heavy atom. The van der Waals surface area contributed by atoms with Crippen LogP contribution in [0.1, 0.15) is 55.3 Å². The molecule has 2 atom stereocenters. The van der Waals surface area contributed by atoms with E-state index in [0.29, 0.717) is 11.8 Å². The normalized spacial score (nSPS) is 21.4. The number of aromatic nitrogens is 2. The fourth-order valence-electron chi connectivity index (χ4n) is 5.90. The van der Waals surface area contributed by atoms with Gasteiger partial charge in [0.1, 0.15) is 11.5 Å². The number of piperidine rings is 1. The number of allylic oxidation sites excluding steroid dienone is 1. The lowest BCUT2D eigenvalue weighted by Gasteiger charge is -2.36. The summed E-state index contributed by atoms with van der Waals surface area (Å²) in [4.78, 5) is 10.0. The van der Waals surface area contributed by atoms with E-state index in [-0.39, 0.29) is 0 Å². The number of nitrogens with zero attached hydrogens (tertiary/aromatic N) is 4. The fourth-order valence-corrected chi connectivity index (χ4v) is 5.90. The van der Waals surface area contributed by atoms with Crippen LogP contribution < -0.4 is 5.32 Å². The van der Waals surface area contributed by atoms with Gasteiger partial charge in [-0.2, -0.15) is 0 Å². The molecule has 0 bridgehead atoms. The molecule has 1 aromatic carbocycles. The zero-order valence-electron chi connectivity index (χ0n) is 20.9. The van der Waals surface area contributed by atoms with Crippen LogP contribution in [0.2, 0.25) is 0 Å². The van der Waals surface area contributed by atoms with E-state index < -0.39 is 0 Å².